The van der Waals surface area contributed by atoms with Crippen molar-refractivity contribution in [3.63, 3.8) is 0 Å². The van der Waals surface area contributed by atoms with Gasteiger partial charge in [0.15, 0.2) is 0 Å². The maximum atomic E-state index is 14.2. The fourth-order valence-corrected chi connectivity index (χ4v) is 5.85. The Morgan fingerprint density at radius 1 is 1.19 bits per heavy atom. The minimum atomic E-state index is -1.09. The van der Waals surface area contributed by atoms with Gasteiger partial charge in [-0.2, -0.15) is 0 Å². The van der Waals surface area contributed by atoms with E-state index in [9.17, 15) is 19.5 Å². The molecule has 1 aromatic heterocycles. The number of hydrogen-bond acceptors (Lipinski definition) is 8. The molecule has 4 rings (SSSR count). The highest BCUT2D eigenvalue weighted by molar-refractivity contribution is 5.95. The summed E-state index contributed by atoms with van der Waals surface area (Å²) in [5, 5.41) is 13.3. The van der Waals surface area contributed by atoms with Crippen LogP contribution < -0.4 is 20.5 Å². The summed E-state index contributed by atoms with van der Waals surface area (Å²) in [6.07, 6.45) is 8.06. The first-order valence-electron chi connectivity index (χ1n) is 16.6. The van der Waals surface area contributed by atoms with Gasteiger partial charge < -0.3 is 35.3 Å². The van der Waals surface area contributed by atoms with Crippen LogP contribution in [0.25, 0.3) is 16.5 Å². The van der Waals surface area contributed by atoms with Crippen LogP contribution in [0.3, 0.4) is 0 Å². The van der Waals surface area contributed by atoms with Crippen molar-refractivity contribution in [2.24, 2.45) is 16.6 Å². The quantitative estimate of drug-likeness (QED) is 0.197. The number of ether oxygens (including phenoxy) is 3. The van der Waals surface area contributed by atoms with E-state index in [2.05, 4.69) is 22.5 Å². The number of nitrogens with one attached hydrogen (secondary N) is 1. The monoisotopic (exact) mass is 663 g/mol. The Labute approximate surface area is 282 Å². The Kier molecular flexibility index (Phi) is 11.7. The third-order valence-corrected chi connectivity index (χ3v) is 8.21. The minimum absolute atomic E-state index is 0.0255. The van der Waals surface area contributed by atoms with Crippen molar-refractivity contribution in [3.8, 4) is 11.5 Å². The number of rotatable bonds is 12. The number of aliphatic imine (C=N–C) groups is 1. The number of carbonyl (C=O) groups is 3. The molecular weight excluding hydrogens is 614 g/mol. The Morgan fingerprint density at radius 3 is 2.54 bits per heavy atom. The van der Waals surface area contributed by atoms with Gasteiger partial charge in [-0.3, -0.25) is 9.79 Å². The van der Waals surface area contributed by atoms with Crippen molar-refractivity contribution < 1.29 is 33.7 Å². The van der Waals surface area contributed by atoms with E-state index < -0.39 is 47.8 Å². The molecule has 1 fully saturated rings. The van der Waals surface area contributed by atoms with E-state index in [0.717, 1.165) is 29.5 Å². The van der Waals surface area contributed by atoms with Crippen molar-refractivity contribution in [2.45, 2.75) is 103 Å². The molecule has 4 N–H and O–H groups in total. The number of aliphatic carboxylic acids is 1. The Morgan fingerprint density at radius 2 is 1.94 bits per heavy atom. The molecule has 2 amide bonds. The zero-order valence-corrected chi connectivity index (χ0v) is 29.0. The maximum absolute atomic E-state index is 14.2. The fraction of sp³-hybridized carbons (Fsp3) is 0.528. The number of amides is 2. The lowest BCUT2D eigenvalue weighted by Crippen LogP contribution is -2.55. The number of amidine groups is 1. The largest absolute Gasteiger partial charge is 0.497 e. The second-order valence-corrected chi connectivity index (χ2v) is 13.6. The van der Waals surface area contributed by atoms with Crippen LogP contribution in [-0.2, 0) is 14.3 Å². The topological polar surface area (TPSA) is 166 Å². The summed E-state index contributed by atoms with van der Waals surface area (Å²) in [4.78, 5) is 49.8. The number of carbonyl (C=O) groups excluding carboxylic acids is 2. The van der Waals surface area contributed by atoms with Crippen molar-refractivity contribution in [1.29, 1.82) is 0 Å². The number of fused-ring (bicyclic) bond motifs is 1. The normalized spacial score (nSPS) is 19.5. The smallest absolute Gasteiger partial charge is 0.408 e. The summed E-state index contributed by atoms with van der Waals surface area (Å²) in [5.41, 5.74) is 8.18. The van der Waals surface area contributed by atoms with Gasteiger partial charge in [0.2, 0.25) is 5.91 Å². The number of carboxylic acid groups (broad SMARTS) is 1. The van der Waals surface area contributed by atoms with Gasteiger partial charge in [-0.05, 0) is 63.7 Å². The molecule has 12 nitrogen and oxygen atoms in total. The van der Waals surface area contributed by atoms with E-state index >= 15 is 0 Å². The Hall–Kier alpha value is -4.61. The van der Waals surface area contributed by atoms with Crippen LogP contribution in [0.2, 0.25) is 0 Å². The summed E-state index contributed by atoms with van der Waals surface area (Å²) in [7, 11) is 1.60. The van der Waals surface area contributed by atoms with Gasteiger partial charge in [0.05, 0.1) is 30.9 Å². The van der Waals surface area contributed by atoms with Gasteiger partial charge in [0.1, 0.15) is 41.1 Å². The number of hydrogen-bond donors (Lipinski definition) is 3. The predicted molar refractivity (Wildman–Crippen MR) is 185 cm³/mol. The Bertz CT molecular complexity index is 1590. The van der Waals surface area contributed by atoms with Crippen LogP contribution >= 0.6 is 0 Å². The zero-order valence-electron chi connectivity index (χ0n) is 29.0. The van der Waals surface area contributed by atoms with Crippen LogP contribution in [0.15, 0.2) is 47.5 Å². The van der Waals surface area contributed by atoms with Crippen molar-refractivity contribution >= 4 is 40.3 Å². The number of carboxylic acids is 1. The molecule has 2 aromatic rings. The number of likely N-dealkylation sites (tertiary alicyclic amines) is 1. The van der Waals surface area contributed by atoms with E-state index in [4.69, 9.17) is 24.9 Å². The molecule has 4 atom stereocenters. The van der Waals surface area contributed by atoms with E-state index in [-0.39, 0.29) is 24.7 Å². The van der Waals surface area contributed by atoms with Gasteiger partial charge in [-0.25, -0.2) is 14.6 Å². The number of alkyl carbamates (subject to hydrolysis) is 1. The van der Waals surface area contributed by atoms with Crippen LogP contribution in [0.5, 0.6) is 11.5 Å². The van der Waals surface area contributed by atoms with Crippen LogP contribution in [0.4, 0.5) is 4.79 Å². The van der Waals surface area contributed by atoms with Crippen molar-refractivity contribution in [1.82, 2.24) is 15.2 Å². The van der Waals surface area contributed by atoms with Crippen LogP contribution in [-0.4, -0.2) is 82.3 Å². The van der Waals surface area contributed by atoms with Crippen LogP contribution in [0, 0.1) is 5.92 Å². The fourth-order valence-electron chi connectivity index (χ4n) is 5.85. The summed E-state index contributed by atoms with van der Waals surface area (Å²) < 4.78 is 17.6. The molecule has 12 heteroatoms. The van der Waals surface area contributed by atoms with E-state index in [1.54, 1.807) is 27.9 Å². The molecule has 1 aliphatic carbocycles. The molecule has 48 heavy (non-hydrogen) atoms. The average molecular weight is 664 g/mol. The molecule has 1 saturated heterocycles. The molecule has 2 heterocycles. The maximum Gasteiger partial charge on any atom is 0.408 e. The lowest BCUT2D eigenvalue weighted by molar-refractivity contribution is -0.138. The summed E-state index contributed by atoms with van der Waals surface area (Å²) in [6.45, 7) is 10.9. The highest BCUT2D eigenvalue weighted by atomic mass is 16.6. The molecule has 0 saturated carbocycles. The number of nitrogens with two attached hydrogens (primary N) is 1. The Balaban J connectivity index is 1.72. The van der Waals surface area contributed by atoms with Gasteiger partial charge in [-0.15, -0.1) is 0 Å². The highest BCUT2D eigenvalue weighted by Crippen LogP contribution is 2.34. The van der Waals surface area contributed by atoms with E-state index in [1.807, 2.05) is 51.1 Å². The SMILES string of the molecule is CCC[C@H](N=C(N)[C@@H]1C[C@@H](Oc2cc(C3=CCCC=C3)nc3cc(OC)ccc23)CN1C(=O)[C@@H](NC(=O)OC(C)(C)C)C(C)C)C(=O)O. The standard InChI is InChI=1S/C36H49N5O7/c1-8-12-26(34(43)44)39-32(37)29-18-24(20-41(29)33(42)31(21(2)3)40-35(45)48-36(4,5)6)47-30-19-27(22-13-10-9-11-14-22)38-28-17-23(46-7)15-16-25(28)30/h10,13-17,19,21,24,26,29,31H,8-9,11-12,18,20H2,1-7H3,(H2,37,39)(H,40,45)(H,43,44)/t24-,26+,29+,31+/m1/s1. The first kappa shape index (κ1) is 36.2. The number of allylic oxidation sites excluding steroid dienone is 4. The van der Waals surface area contributed by atoms with E-state index in [0.29, 0.717) is 29.9 Å². The lowest BCUT2D eigenvalue weighted by atomic mass is 10.0. The lowest BCUT2D eigenvalue weighted by Gasteiger charge is -2.31. The third kappa shape index (κ3) is 9.05. The zero-order chi connectivity index (χ0) is 35.2. The minimum Gasteiger partial charge on any atom is -0.497 e. The second-order valence-electron chi connectivity index (χ2n) is 13.6. The second kappa shape index (κ2) is 15.5. The van der Waals surface area contributed by atoms with E-state index in [1.165, 1.54) is 4.90 Å². The third-order valence-electron chi connectivity index (χ3n) is 8.21. The molecule has 0 unspecified atom stereocenters. The van der Waals surface area contributed by atoms with Crippen LogP contribution in [0.1, 0.15) is 79.3 Å². The molecule has 1 aliphatic heterocycles. The molecule has 1 aromatic carbocycles. The number of pyridine rings is 1. The molecule has 0 spiro atoms. The molecule has 0 bridgehead atoms. The number of benzene rings is 1. The van der Waals surface area contributed by atoms with Crippen molar-refractivity contribution in [3.05, 3.63) is 48.2 Å². The molecule has 0 radical (unpaired) electrons. The van der Waals surface area contributed by atoms with Gasteiger partial charge >= 0.3 is 12.1 Å². The highest BCUT2D eigenvalue weighted by Gasteiger charge is 2.43. The molecule has 2 aliphatic rings. The first-order valence-corrected chi connectivity index (χ1v) is 16.6. The number of nitrogens with zero attached hydrogens (tertiary/aromatic N) is 3. The molecular formula is C36H49N5O7. The van der Waals surface area contributed by atoms with Gasteiger partial charge in [0.25, 0.3) is 0 Å². The van der Waals surface area contributed by atoms with Crippen molar-refractivity contribution in [2.75, 3.05) is 13.7 Å². The predicted octanol–water partition coefficient (Wildman–Crippen LogP) is 5.48. The first-order chi connectivity index (χ1) is 22.7. The summed E-state index contributed by atoms with van der Waals surface area (Å²) >= 11 is 0. The summed E-state index contributed by atoms with van der Waals surface area (Å²) in [5.74, 6) is -0.521. The number of aromatic nitrogens is 1. The van der Waals surface area contributed by atoms with Gasteiger partial charge in [0, 0.05) is 23.9 Å². The average Bonchev–Trinajstić information content (AvgIpc) is 3.46. The number of methoxy groups -OCH3 is 1. The summed E-state index contributed by atoms with van der Waals surface area (Å²) in [6, 6.07) is 4.72. The van der Waals surface area contributed by atoms with Gasteiger partial charge in [-0.1, -0.05) is 45.4 Å². The molecule has 260 valence electrons.